The van der Waals surface area contributed by atoms with Gasteiger partial charge in [-0.2, -0.15) is 5.26 Å². The number of carbonyl (C=O) groups excluding carboxylic acids is 2. The van der Waals surface area contributed by atoms with Crippen molar-refractivity contribution >= 4 is 17.6 Å². The molecule has 0 aliphatic heterocycles. The lowest BCUT2D eigenvalue weighted by Gasteiger charge is -2.14. The Morgan fingerprint density at radius 1 is 1.11 bits per heavy atom. The third-order valence-electron chi connectivity index (χ3n) is 3.73. The highest BCUT2D eigenvalue weighted by Crippen LogP contribution is 2.27. The average Bonchev–Trinajstić information content (AvgIpc) is 2.67. The number of amides is 1. The second-order valence-electron chi connectivity index (χ2n) is 5.68. The van der Waals surface area contributed by atoms with Crippen molar-refractivity contribution < 1.29 is 23.8 Å². The summed E-state index contributed by atoms with van der Waals surface area (Å²) in [6.07, 6.45) is -0.995. The molecule has 0 spiro atoms. The predicted octanol–water partition coefficient (Wildman–Crippen LogP) is 2.69. The number of benzene rings is 2. The van der Waals surface area contributed by atoms with Gasteiger partial charge in [0.2, 0.25) is 0 Å². The number of nitrogens with one attached hydrogen (secondary N) is 1. The van der Waals surface area contributed by atoms with Crippen LogP contribution in [0.2, 0.25) is 0 Å². The van der Waals surface area contributed by atoms with E-state index in [1.165, 1.54) is 27.2 Å². The Kier molecular flexibility index (Phi) is 6.78. The molecular formula is C20H20N2O5. The molecule has 1 atom stereocenters. The third kappa shape index (κ3) is 5.47. The molecule has 2 rings (SSSR count). The summed E-state index contributed by atoms with van der Waals surface area (Å²) in [5.41, 5.74) is 1.56. The summed E-state index contributed by atoms with van der Waals surface area (Å²) in [7, 11) is 3.03. The van der Waals surface area contributed by atoms with Crippen LogP contribution in [-0.2, 0) is 20.7 Å². The first-order valence-electron chi connectivity index (χ1n) is 8.18. The number of hydrogen-bond acceptors (Lipinski definition) is 6. The first-order valence-corrected chi connectivity index (χ1v) is 8.18. The van der Waals surface area contributed by atoms with Crippen LogP contribution in [0.25, 0.3) is 0 Å². The minimum atomic E-state index is -0.983. The maximum Gasteiger partial charge on any atom is 0.311 e. The number of hydrogen-bond donors (Lipinski definition) is 1. The molecule has 7 heteroatoms. The van der Waals surface area contributed by atoms with Gasteiger partial charge in [0.25, 0.3) is 5.91 Å². The van der Waals surface area contributed by atoms with Gasteiger partial charge in [-0.3, -0.25) is 9.59 Å². The lowest BCUT2D eigenvalue weighted by molar-refractivity contribution is -0.152. The molecule has 2 aromatic carbocycles. The molecule has 1 N–H and O–H groups in total. The summed E-state index contributed by atoms with van der Waals surface area (Å²) in [5, 5.41) is 11.5. The van der Waals surface area contributed by atoms with Gasteiger partial charge in [0.05, 0.1) is 32.3 Å². The van der Waals surface area contributed by atoms with Crippen LogP contribution in [0, 0.1) is 11.3 Å². The lowest BCUT2D eigenvalue weighted by Crippen LogP contribution is -2.30. The zero-order chi connectivity index (χ0) is 19.8. The van der Waals surface area contributed by atoms with Gasteiger partial charge in [-0.15, -0.1) is 0 Å². The van der Waals surface area contributed by atoms with E-state index in [1.54, 1.807) is 36.4 Å². The largest absolute Gasteiger partial charge is 0.493 e. The van der Waals surface area contributed by atoms with E-state index in [0.29, 0.717) is 28.3 Å². The Labute approximate surface area is 157 Å². The van der Waals surface area contributed by atoms with Gasteiger partial charge in [0.15, 0.2) is 17.6 Å². The monoisotopic (exact) mass is 368 g/mol. The van der Waals surface area contributed by atoms with Gasteiger partial charge in [-0.1, -0.05) is 12.1 Å². The van der Waals surface area contributed by atoms with Crippen molar-refractivity contribution in [3.8, 4) is 17.6 Å². The van der Waals surface area contributed by atoms with Gasteiger partial charge in [-0.05, 0) is 42.8 Å². The zero-order valence-electron chi connectivity index (χ0n) is 15.3. The molecule has 0 aliphatic carbocycles. The summed E-state index contributed by atoms with van der Waals surface area (Å²) >= 11 is 0. The zero-order valence-corrected chi connectivity index (χ0v) is 15.3. The molecule has 140 valence electrons. The number of rotatable bonds is 7. The molecule has 0 radical (unpaired) electrons. The van der Waals surface area contributed by atoms with Gasteiger partial charge in [-0.25, -0.2) is 0 Å². The van der Waals surface area contributed by atoms with E-state index in [0.717, 1.165) is 0 Å². The van der Waals surface area contributed by atoms with Crippen LogP contribution in [0.3, 0.4) is 0 Å². The van der Waals surface area contributed by atoms with Crippen molar-refractivity contribution in [2.45, 2.75) is 19.4 Å². The number of anilines is 1. The quantitative estimate of drug-likeness (QED) is 0.755. The number of esters is 1. The maximum absolute atomic E-state index is 12.2. The minimum absolute atomic E-state index is 0.0120. The third-order valence-corrected chi connectivity index (χ3v) is 3.73. The van der Waals surface area contributed by atoms with Gasteiger partial charge in [0, 0.05) is 5.69 Å². The molecule has 27 heavy (non-hydrogen) atoms. The highest BCUT2D eigenvalue weighted by atomic mass is 16.5. The topological polar surface area (TPSA) is 97.6 Å². The van der Waals surface area contributed by atoms with E-state index in [-0.39, 0.29) is 6.42 Å². The Morgan fingerprint density at radius 2 is 1.85 bits per heavy atom. The molecule has 0 fully saturated rings. The average molecular weight is 368 g/mol. The van der Waals surface area contributed by atoms with E-state index in [9.17, 15) is 9.59 Å². The fraction of sp³-hybridized carbons (Fsp3) is 0.250. The number of methoxy groups -OCH3 is 2. The normalized spacial score (nSPS) is 11.0. The summed E-state index contributed by atoms with van der Waals surface area (Å²) in [6, 6.07) is 13.6. The smallest absolute Gasteiger partial charge is 0.311 e. The van der Waals surface area contributed by atoms with Crippen molar-refractivity contribution in [1.29, 1.82) is 5.26 Å². The number of ether oxygens (including phenoxy) is 3. The van der Waals surface area contributed by atoms with E-state index in [1.807, 2.05) is 6.07 Å². The maximum atomic E-state index is 12.2. The van der Waals surface area contributed by atoms with Crippen LogP contribution in [0.5, 0.6) is 11.5 Å². The lowest BCUT2D eigenvalue weighted by atomic mass is 10.1. The Hall–Kier alpha value is -3.53. The summed E-state index contributed by atoms with van der Waals surface area (Å²) in [6.45, 7) is 1.48. The number of nitriles is 1. The van der Waals surface area contributed by atoms with Crippen molar-refractivity contribution in [3.05, 3.63) is 53.6 Å². The van der Waals surface area contributed by atoms with Crippen LogP contribution < -0.4 is 14.8 Å². The molecule has 0 saturated heterocycles. The molecule has 0 unspecified atom stereocenters. The van der Waals surface area contributed by atoms with E-state index >= 15 is 0 Å². The first-order chi connectivity index (χ1) is 13.0. The van der Waals surface area contributed by atoms with Crippen molar-refractivity contribution in [3.63, 3.8) is 0 Å². The standard InChI is InChI=1S/C20H20N2O5/c1-13(20(24)22-16-6-4-5-15(9-16)12-21)27-19(23)11-14-7-8-17(25-2)18(10-14)26-3/h4-10,13H,11H2,1-3H3,(H,22,24)/t13-/m1/s1. The highest BCUT2D eigenvalue weighted by Gasteiger charge is 2.19. The fourth-order valence-electron chi connectivity index (χ4n) is 2.36. The van der Waals surface area contributed by atoms with Crippen LogP contribution in [0.4, 0.5) is 5.69 Å². The minimum Gasteiger partial charge on any atom is -0.493 e. The molecule has 2 aromatic rings. The highest BCUT2D eigenvalue weighted by molar-refractivity contribution is 5.95. The SMILES string of the molecule is COc1ccc(CC(=O)O[C@H](C)C(=O)Nc2cccc(C#N)c2)cc1OC. The molecular weight excluding hydrogens is 348 g/mol. The summed E-state index contributed by atoms with van der Waals surface area (Å²) in [5.74, 6) is 0.0364. The Bertz CT molecular complexity index is 873. The van der Waals surface area contributed by atoms with Crippen molar-refractivity contribution in [2.75, 3.05) is 19.5 Å². The second-order valence-corrected chi connectivity index (χ2v) is 5.68. The van der Waals surface area contributed by atoms with Crippen molar-refractivity contribution in [1.82, 2.24) is 0 Å². The first kappa shape index (κ1) is 19.8. The number of nitrogens with zero attached hydrogens (tertiary/aromatic N) is 1. The Balaban J connectivity index is 1.94. The molecule has 0 heterocycles. The van der Waals surface area contributed by atoms with E-state index in [4.69, 9.17) is 19.5 Å². The van der Waals surface area contributed by atoms with Gasteiger partial charge >= 0.3 is 5.97 Å². The van der Waals surface area contributed by atoms with Crippen LogP contribution >= 0.6 is 0 Å². The van der Waals surface area contributed by atoms with Gasteiger partial charge < -0.3 is 19.5 Å². The molecule has 0 bridgehead atoms. The van der Waals surface area contributed by atoms with Gasteiger partial charge in [0.1, 0.15) is 0 Å². The second kappa shape index (κ2) is 9.25. The molecule has 0 aromatic heterocycles. The molecule has 7 nitrogen and oxygen atoms in total. The molecule has 1 amide bonds. The van der Waals surface area contributed by atoms with E-state index in [2.05, 4.69) is 5.32 Å². The fourth-order valence-corrected chi connectivity index (χ4v) is 2.36. The summed E-state index contributed by atoms with van der Waals surface area (Å²) in [4.78, 5) is 24.3. The predicted molar refractivity (Wildman–Crippen MR) is 98.6 cm³/mol. The van der Waals surface area contributed by atoms with Crippen LogP contribution in [-0.4, -0.2) is 32.2 Å². The van der Waals surface area contributed by atoms with E-state index < -0.39 is 18.0 Å². The Morgan fingerprint density at radius 3 is 2.52 bits per heavy atom. The molecule has 0 saturated carbocycles. The molecule has 0 aliphatic rings. The van der Waals surface area contributed by atoms with Crippen LogP contribution in [0.1, 0.15) is 18.1 Å². The summed E-state index contributed by atoms with van der Waals surface area (Å²) < 4.78 is 15.5. The van der Waals surface area contributed by atoms with Crippen LogP contribution in [0.15, 0.2) is 42.5 Å². The number of carbonyl (C=O) groups is 2. The van der Waals surface area contributed by atoms with Crippen molar-refractivity contribution in [2.24, 2.45) is 0 Å².